The number of alkyl halides is 3. The summed E-state index contributed by atoms with van der Waals surface area (Å²) in [5, 5.41) is 9.04. The summed E-state index contributed by atoms with van der Waals surface area (Å²) in [6, 6.07) is 17.9. The number of hydrogen-bond acceptors (Lipinski definition) is 5. The van der Waals surface area contributed by atoms with Crippen molar-refractivity contribution in [2.24, 2.45) is 0 Å². The van der Waals surface area contributed by atoms with Crippen molar-refractivity contribution in [1.29, 1.82) is 0 Å². The highest BCUT2D eigenvalue weighted by atomic mass is 32.2. The van der Waals surface area contributed by atoms with Crippen molar-refractivity contribution in [2.45, 2.75) is 16.9 Å². The molecular weight excluding hydrogens is 483 g/mol. The van der Waals surface area contributed by atoms with E-state index in [-0.39, 0.29) is 23.8 Å². The summed E-state index contributed by atoms with van der Waals surface area (Å²) in [4.78, 5) is 29.0. The molecule has 0 aliphatic carbocycles. The maximum atomic E-state index is 12.8. The van der Waals surface area contributed by atoms with Crippen LogP contribution in [0.3, 0.4) is 0 Å². The Labute approximate surface area is 201 Å². The molecule has 3 aromatic carbocycles. The molecule has 34 heavy (non-hydrogen) atoms. The average molecular weight is 502 g/mol. The van der Waals surface area contributed by atoms with Gasteiger partial charge in [-0.1, -0.05) is 54.2 Å². The molecule has 4 aromatic rings. The molecule has 0 aliphatic rings. The summed E-state index contributed by atoms with van der Waals surface area (Å²) in [7, 11) is 0. The van der Waals surface area contributed by atoms with Gasteiger partial charge in [-0.3, -0.25) is 9.59 Å². The Balaban J connectivity index is 1.29. The zero-order chi connectivity index (χ0) is 24.1. The average Bonchev–Trinajstić information content (AvgIpc) is 3.24. The lowest BCUT2D eigenvalue weighted by molar-refractivity contribution is -0.137. The minimum Gasteiger partial charge on any atom is -0.326 e. The van der Waals surface area contributed by atoms with Gasteiger partial charge in [0.15, 0.2) is 4.34 Å². The van der Waals surface area contributed by atoms with Gasteiger partial charge in [0.2, 0.25) is 11.8 Å². The summed E-state index contributed by atoms with van der Waals surface area (Å²) in [5.74, 6) is -0.512. The molecular formula is C24H18F3N3O2S2. The molecule has 0 saturated heterocycles. The number of carbonyl (C=O) groups excluding carboxylic acids is 2. The van der Waals surface area contributed by atoms with Crippen LogP contribution >= 0.6 is 23.1 Å². The van der Waals surface area contributed by atoms with E-state index in [1.165, 1.54) is 35.2 Å². The number of aromatic nitrogens is 1. The first-order valence-electron chi connectivity index (χ1n) is 10.1. The lowest BCUT2D eigenvalue weighted by Gasteiger charge is -2.09. The van der Waals surface area contributed by atoms with Gasteiger partial charge in [0.05, 0.1) is 23.4 Å². The molecule has 0 unspecified atom stereocenters. The summed E-state index contributed by atoms with van der Waals surface area (Å²) in [6.45, 7) is 0. The van der Waals surface area contributed by atoms with E-state index in [2.05, 4.69) is 15.6 Å². The van der Waals surface area contributed by atoms with Crippen molar-refractivity contribution >= 4 is 57.1 Å². The number of carbonyl (C=O) groups is 2. The second-order valence-electron chi connectivity index (χ2n) is 7.27. The van der Waals surface area contributed by atoms with E-state index in [9.17, 15) is 22.8 Å². The van der Waals surface area contributed by atoms with Crippen molar-refractivity contribution < 1.29 is 22.8 Å². The van der Waals surface area contributed by atoms with Crippen LogP contribution in [-0.2, 0) is 22.2 Å². The number of rotatable bonds is 7. The zero-order valence-electron chi connectivity index (χ0n) is 17.6. The van der Waals surface area contributed by atoms with Gasteiger partial charge >= 0.3 is 6.18 Å². The van der Waals surface area contributed by atoms with Crippen molar-refractivity contribution in [3.63, 3.8) is 0 Å². The summed E-state index contributed by atoms with van der Waals surface area (Å²) in [5.41, 5.74) is 0.440. The highest BCUT2D eigenvalue weighted by molar-refractivity contribution is 8.01. The van der Waals surface area contributed by atoms with Crippen molar-refractivity contribution in [3.8, 4) is 0 Å². The van der Waals surface area contributed by atoms with Crippen LogP contribution in [0, 0.1) is 0 Å². The largest absolute Gasteiger partial charge is 0.416 e. The van der Waals surface area contributed by atoms with Gasteiger partial charge in [-0.15, -0.1) is 11.3 Å². The van der Waals surface area contributed by atoms with Crippen LogP contribution in [-0.4, -0.2) is 22.6 Å². The fraction of sp³-hybridized carbons (Fsp3) is 0.125. The second-order valence-corrected chi connectivity index (χ2v) is 9.35. The Morgan fingerprint density at radius 1 is 0.941 bits per heavy atom. The van der Waals surface area contributed by atoms with Gasteiger partial charge in [0, 0.05) is 22.1 Å². The van der Waals surface area contributed by atoms with E-state index in [1.54, 1.807) is 5.38 Å². The first-order valence-corrected chi connectivity index (χ1v) is 12.0. The van der Waals surface area contributed by atoms with Crippen LogP contribution in [0.1, 0.15) is 11.3 Å². The number of amides is 2. The molecule has 2 N–H and O–H groups in total. The monoisotopic (exact) mass is 501 g/mol. The van der Waals surface area contributed by atoms with Gasteiger partial charge in [-0.05, 0) is 29.7 Å². The fourth-order valence-electron chi connectivity index (χ4n) is 3.23. The van der Waals surface area contributed by atoms with E-state index >= 15 is 0 Å². The topological polar surface area (TPSA) is 71.1 Å². The lowest BCUT2D eigenvalue weighted by atomic mass is 10.1. The molecule has 0 spiro atoms. The molecule has 0 bridgehead atoms. The summed E-state index contributed by atoms with van der Waals surface area (Å²) in [6.07, 6.45) is -4.57. The SMILES string of the molecule is O=C(Cc1csc(SCC(=O)Nc2cccc3ccccc23)n1)Nc1cccc(C(F)(F)F)c1. The molecule has 2 amide bonds. The number of hydrogen-bond donors (Lipinski definition) is 2. The molecule has 10 heteroatoms. The van der Waals surface area contributed by atoms with Crippen LogP contribution < -0.4 is 10.6 Å². The molecule has 0 atom stereocenters. The Morgan fingerprint density at radius 2 is 1.71 bits per heavy atom. The van der Waals surface area contributed by atoms with Crippen LogP contribution in [0.4, 0.5) is 24.5 Å². The molecule has 174 valence electrons. The quantitative estimate of drug-likeness (QED) is 0.295. The molecule has 1 heterocycles. The minimum absolute atomic E-state index is 0.0646. The maximum absolute atomic E-state index is 12.8. The molecule has 0 aliphatic heterocycles. The van der Waals surface area contributed by atoms with Crippen LogP contribution in [0.5, 0.6) is 0 Å². The predicted octanol–water partition coefficient (Wildman–Crippen LogP) is 6.23. The summed E-state index contributed by atoms with van der Waals surface area (Å²) >= 11 is 2.55. The number of benzene rings is 3. The van der Waals surface area contributed by atoms with Crippen LogP contribution in [0.25, 0.3) is 10.8 Å². The number of thioether (sulfide) groups is 1. The first kappa shape index (κ1) is 23.8. The van der Waals surface area contributed by atoms with E-state index in [1.807, 2.05) is 42.5 Å². The van der Waals surface area contributed by atoms with Gasteiger partial charge in [-0.2, -0.15) is 13.2 Å². The predicted molar refractivity (Wildman–Crippen MR) is 129 cm³/mol. The third-order valence-electron chi connectivity index (χ3n) is 4.74. The Bertz CT molecular complexity index is 1330. The fourth-order valence-corrected chi connectivity index (χ4v) is 4.87. The van der Waals surface area contributed by atoms with E-state index < -0.39 is 17.6 Å². The van der Waals surface area contributed by atoms with Crippen LogP contribution in [0.2, 0.25) is 0 Å². The molecule has 4 rings (SSSR count). The van der Waals surface area contributed by atoms with Gasteiger partial charge < -0.3 is 10.6 Å². The first-order chi connectivity index (χ1) is 16.3. The van der Waals surface area contributed by atoms with E-state index in [4.69, 9.17) is 0 Å². The number of nitrogens with one attached hydrogen (secondary N) is 2. The lowest BCUT2D eigenvalue weighted by Crippen LogP contribution is -2.15. The van der Waals surface area contributed by atoms with Crippen molar-refractivity contribution in [3.05, 3.63) is 83.4 Å². The van der Waals surface area contributed by atoms with E-state index in [0.717, 1.165) is 28.6 Å². The zero-order valence-corrected chi connectivity index (χ0v) is 19.2. The highest BCUT2D eigenvalue weighted by Gasteiger charge is 2.30. The third-order valence-corrected chi connectivity index (χ3v) is 6.81. The normalized spacial score (nSPS) is 11.4. The van der Waals surface area contributed by atoms with Gasteiger partial charge in [-0.25, -0.2) is 4.98 Å². The maximum Gasteiger partial charge on any atom is 0.416 e. The smallest absolute Gasteiger partial charge is 0.326 e. The highest BCUT2D eigenvalue weighted by Crippen LogP contribution is 2.31. The number of thiazole rings is 1. The molecule has 0 fully saturated rings. The molecule has 0 radical (unpaired) electrons. The van der Waals surface area contributed by atoms with Crippen molar-refractivity contribution in [2.75, 3.05) is 16.4 Å². The summed E-state index contributed by atoms with van der Waals surface area (Å²) < 4.78 is 39.1. The Hall–Kier alpha value is -3.37. The Kier molecular flexibility index (Phi) is 7.18. The number of nitrogens with zero attached hydrogens (tertiary/aromatic N) is 1. The number of fused-ring (bicyclic) bond motifs is 1. The van der Waals surface area contributed by atoms with Gasteiger partial charge in [0.25, 0.3) is 0 Å². The molecule has 0 saturated carbocycles. The molecule has 1 aromatic heterocycles. The standard InChI is InChI=1S/C24H18F3N3O2S2/c25-24(26,27)16-7-4-8-17(11-16)28-21(31)12-18-13-33-23(29-18)34-14-22(32)30-20-10-3-6-15-5-1-2-9-19(15)20/h1-11,13H,12,14H2,(H,28,31)(H,30,32). The number of halogens is 3. The second kappa shape index (κ2) is 10.3. The number of anilines is 2. The molecule has 5 nitrogen and oxygen atoms in total. The Morgan fingerprint density at radius 3 is 2.53 bits per heavy atom. The third kappa shape index (κ3) is 6.15. The van der Waals surface area contributed by atoms with Crippen LogP contribution in [0.15, 0.2) is 76.4 Å². The van der Waals surface area contributed by atoms with Gasteiger partial charge in [0.1, 0.15) is 0 Å². The van der Waals surface area contributed by atoms with E-state index in [0.29, 0.717) is 10.0 Å². The minimum atomic E-state index is -4.48. The van der Waals surface area contributed by atoms with Crippen molar-refractivity contribution in [1.82, 2.24) is 4.98 Å².